The third-order valence-electron chi connectivity index (χ3n) is 5.18. The monoisotopic (exact) mass is 345 g/mol. The molecule has 3 aliphatic rings. The first-order valence-electron chi connectivity index (χ1n) is 8.93. The lowest BCUT2D eigenvalue weighted by Gasteiger charge is -2.53. The van der Waals surface area contributed by atoms with E-state index < -0.39 is 5.60 Å². The van der Waals surface area contributed by atoms with Crippen molar-refractivity contribution in [3.63, 3.8) is 0 Å². The Kier molecular flexibility index (Phi) is 4.62. The maximum Gasteiger partial charge on any atom is 0.408 e. The number of rotatable bonds is 4. The van der Waals surface area contributed by atoms with Crippen LogP contribution in [-0.2, 0) is 15.9 Å². The summed E-state index contributed by atoms with van der Waals surface area (Å²) in [5.41, 5.74) is 0.920. The van der Waals surface area contributed by atoms with E-state index in [0.29, 0.717) is 12.2 Å². The molecule has 1 N–H and O–H groups in total. The van der Waals surface area contributed by atoms with Gasteiger partial charge in [0.25, 0.3) is 0 Å². The van der Waals surface area contributed by atoms with E-state index in [9.17, 15) is 9.59 Å². The number of nitrogens with one attached hydrogen (secondary N) is 1. The Balaban J connectivity index is 1.60. The van der Waals surface area contributed by atoms with Gasteiger partial charge in [-0.2, -0.15) is 0 Å². The molecule has 5 heteroatoms. The smallest absolute Gasteiger partial charge is 0.408 e. The van der Waals surface area contributed by atoms with Crippen LogP contribution in [0.25, 0.3) is 0 Å². The molecule has 0 spiro atoms. The van der Waals surface area contributed by atoms with E-state index in [4.69, 9.17) is 9.47 Å². The van der Waals surface area contributed by atoms with Gasteiger partial charge in [0.15, 0.2) is 0 Å². The van der Waals surface area contributed by atoms with Gasteiger partial charge in [0.1, 0.15) is 11.9 Å². The molecular weight excluding hydrogens is 318 g/mol. The SMILES string of the molecule is CC(C)(C)OC(=O)NC12CCC(Cc3ccc(C=O)cc3)(CC1)OC2. The van der Waals surface area contributed by atoms with Crippen molar-refractivity contribution in [2.45, 2.75) is 69.6 Å². The van der Waals surface area contributed by atoms with Crippen LogP contribution in [0.5, 0.6) is 0 Å². The molecule has 5 nitrogen and oxygen atoms in total. The molecule has 2 bridgehead atoms. The topological polar surface area (TPSA) is 64.6 Å². The zero-order valence-electron chi connectivity index (χ0n) is 15.3. The number of carbonyl (C=O) groups excluding carboxylic acids is 2. The molecule has 0 atom stereocenters. The molecule has 0 unspecified atom stereocenters. The number of hydrogen-bond donors (Lipinski definition) is 1. The van der Waals surface area contributed by atoms with Crippen molar-refractivity contribution in [2.75, 3.05) is 6.61 Å². The molecule has 1 aromatic rings. The zero-order chi connectivity index (χ0) is 18.1. The van der Waals surface area contributed by atoms with E-state index >= 15 is 0 Å². The highest BCUT2D eigenvalue weighted by Crippen LogP contribution is 2.45. The molecule has 4 rings (SSSR count). The average Bonchev–Trinajstić information content (AvgIpc) is 2.55. The number of hydrogen-bond acceptors (Lipinski definition) is 4. The second-order valence-corrected chi connectivity index (χ2v) is 8.42. The van der Waals surface area contributed by atoms with Gasteiger partial charge in [0.2, 0.25) is 0 Å². The number of carbonyl (C=O) groups is 2. The van der Waals surface area contributed by atoms with Crippen molar-refractivity contribution in [3.8, 4) is 0 Å². The fraction of sp³-hybridized carbons (Fsp3) is 0.600. The quantitative estimate of drug-likeness (QED) is 0.846. The third-order valence-corrected chi connectivity index (χ3v) is 5.18. The molecule has 1 aromatic carbocycles. The fourth-order valence-corrected chi connectivity index (χ4v) is 3.76. The van der Waals surface area contributed by atoms with Crippen LogP contribution in [0, 0.1) is 0 Å². The normalized spacial score (nSPS) is 28.4. The number of amides is 1. The fourth-order valence-electron chi connectivity index (χ4n) is 3.76. The lowest BCUT2D eigenvalue weighted by atomic mass is 9.69. The summed E-state index contributed by atoms with van der Waals surface area (Å²) in [6.07, 6.45) is 4.97. The predicted molar refractivity (Wildman–Crippen MR) is 94.8 cm³/mol. The van der Waals surface area contributed by atoms with Crippen molar-refractivity contribution in [1.29, 1.82) is 0 Å². The Hall–Kier alpha value is -1.88. The van der Waals surface area contributed by atoms with E-state index in [1.807, 2.05) is 45.0 Å². The third kappa shape index (κ3) is 4.21. The minimum atomic E-state index is -0.498. The molecule has 2 saturated heterocycles. The first kappa shape index (κ1) is 17.9. The van der Waals surface area contributed by atoms with E-state index in [1.54, 1.807) is 0 Å². The van der Waals surface area contributed by atoms with Crippen molar-refractivity contribution in [3.05, 3.63) is 35.4 Å². The number of benzene rings is 1. The number of alkyl carbamates (subject to hydrolysis) is 1. The van der Waals surface area contributed by atoms with Crippen molar-refractivity contribution in [2.24, 2.45) is 0 Å². The predicted octanol–water partition coefficient (Wildman–Crippen LogP) is 3.65. The van der Waals surface area contributed by atoms with E-state index in [1.165, 1.54) is 5.56 Å². The molecular formula is C20H27NO4. The average molecular weight is 345 g/mol. The van der Waals surface area contributed by atoms with Crippen molar-refractivity contribution in [1.82, 2.24) is 5.32 Å². The molecule has 2 heterocycles. The largest absolute Gasteiger partial charge is 0.444 e. The van der Waals surface area contributed by atoms with Crippen molar-refractivity contribution < 1.29 is 19.1 Å². The van der Waals surface area contributed by atoms with Gasteiger partial charge in [0.05, 0.1) is 17.7 Å². The van der Waals surface area contributed by atoms with E-state index in [-0.39, 0.29) is 17.2 Å². The molecule has 1 amide bonds. The summed E-state index contributed by atoms with van der Waals surface area (Å²) in [6, 6.07) is 7.69. The van der Waals surface area contributed by atoms with Gasteiger partial charge in [-0.05, 0) is 52.0 Å². The molecule has 136 valence electrons. The maximum absolute atomic E-state index is 12.1. The van der Waals surface area contributed by atoms with Gasteiger partial charge in [-0.1, -0.05) is 24.3 Å². The summed E-state index contributed by atoms with van der Waals surface area (Å²) >= 11 is 0. The van der Waals surface area contributed by atoms with E-state index in [0.717, 1.165) is 38.4 Å². The lowest BCUT2D eigenvalue weighted by molar-refractivity contribution is -0.160. The standard InChI is InChI=1S/C20H27NO4/c1-18(2,3)25-17(23)21-19-8-10-20(11-9-19,24-14-19)12-15-4-6-16(13-22)7-5-15/h4-7,13H,8-12,14H2,1-3H3,(H,21,23). The molecule has 0 radical (unpaired) electrons. The Bertz CT molecular complexity index is 620. The van der Waals surface area contributed by atoms with Crippen LogP contribution in [0.1, 0.15) is 62.4 Å². The zero-order valence-corrected chi connectivity index (χ0v) is 15.3. The Morgan fingerprint density at radius 1 is 1.20 bits per heavy atom. The van der Waals surface area contributed by atoms with Gasteiger partial charge >= 0.3 is 6.09 Å². The van der Waals surface area contributed by atoms with Crippen LogP contribution in [-0.4, -0.2) is 35.7 Å². The van der Waals surface area contributed by atoms with E-state index in [2.05, 4.69) is 5.32 Å². The molecule has 2 aliphatic heterocycles. The van der Waals surface area contributed by atoms with Crippen LogP contribution in [0.3, 0.4) is 0 Å². The van der Waals surface area contributed by atoms with Gasteiger partial charge < -0.3 is 14.8 Å². The van der Waals surface area contributed by atoms with Gasteiger partial charge in [-0.3, -0.25) is 4.79 Å². The lowest BCUT2D eigenvalue weighted by Crippen LogP contribution is -2.63. The van der Waals surface area contributed by atoms with Gasteiger partial charge in [-0.25, -0.2) is 4.79 Å². The van der Waals surface area contributed by atoms with Crippen LogP contribution < -0.4 is 5.32 Å². The molecule has 3 fully saturated rings. The second-order valence-electron chi connectivity index (χ2n) is 8.42. The summed E-state index contributed by atoms with van der Waals surface area (Å²) in [7, 11) is 0. The minimum absolute atomic E-state index is 0.153. The van der Waals surface area contributed by atoms with Crippen molar-refractivity contribution >= 4 is 12.4 Å². The Morgan fingerprint density at radius 2 is 1.84 bits per heavy atom. The molecule has 1 saturated carbocycles. The summed E-state index contributed by atoms with van der Waals surface area (Å²) in [5.74, 6) is 0. The van der Waals surface area contributed by atoms with Gasteiger partial charge in [0, 0.05) is 12.0 Å². The number of fused-ring (bicyclic) bond motifs is 3. The summed E-state index contributed by atoms with van der Waals surface area (Å²) < 4.78 is 11.6. The Morgan fingerprint density at radius 3 is 2.32 bits per heavy atom. The highest BCUT2D eigenvalue weighted by molar-refractivity contribution is 5.74. The van der Waals surface area contributed by atoms with Crippen LogP contribution in [0.2, 0.25) is 0 Å². The molecule has 25 heavy (non-hydrogen) atoms. The first-order valence-corrected chi connectivity index (χ1v) is 8.93. The summed E-state index contributed by atoms with van der Waals surface area (Å²) in [4.78, 5) is 22.9. The molecule has 0 aromatic heterocycles. The highest BCUT2D eigenvalue weighted by atomic mass is 16.6. The van der Waals surface area contributed by atoms with Gasteiger partial charge in [-0.15, -0.1) is 0 Å². The minimum Gasteiger partial charge on any atom is -0.444 e. The summed E-state index contributed by atoms with van der Waals surface area (Å²) in [6.45, 7) is 6.12. The second kappa shape index (κ2) is 6.45. The maximum atomic E-state index is 12.1. The first-order chi connectivity index (χ1) is 11.7. The van der Waals surface area contributed by atoms with Crippen LogP contribution >= 0.6 is 0 Å². The Labute approximate surface area is 149 Å². The number of ether oxygens (including phenoxy) is 2. The summed E-state index contributed by atoms with van der Waals surface area (Å²) in [5, 5.41) is 3.05. The number of aldehydes is 1. The van der Waals surface area contributed by atoms with Crippen LogP contribution in [0.4, 0.5) is 4.79 Å². The molecule has 1 aliphatic carbocycles. The van der Waals surface area contributed by atoms with Crippen LogP contribution in [0.15, 0.2) is 24.3 Å². The highest BCUT2D eigenvalue weighted by Gasteiger charge is 2.50.